The normalized spacial score (nSPS) is 17.6. The first-order valence-electron chi connectivity index (χ1n) is 14.9. The Balaban J connectivity index is 1.15. The molecule has 43 heavy (non-hydrogen) atoms. The van der Waals surface area contributed by atoms with Crippen molar-refractivity contribution in [1.29, 1.82) is 0 Å². The van der Waals surface area contributed by atoms with Gasteiger partial charge in [0.2, 0.25) is 5.95 Å². The molecule has 0 radical (unpaired) electrons. The van der Waals surface area contributed by atoms with Gasteiger partial charge in [0, 0.05) is 61.4 Å². The highest BCUT2D eigenvalue weighted by Crippen LogP contribution is 2.25. The number of carbonyl (C=O) groups excluding carboxylic acids is 2. The maximum atomic E-state index is 13.1. The number of hydrogen-bond acceptors (Lipinski definition) is 8. The summed E-state index contributed by atoms with van der Waals surface area (Å²) in [5.41, 5.74) is 3.90. The molecule has 1 atom stereocenters. The Morgan fingerprint density at radius 3 is 2.40 bits per heavy atom. The molecule has 2 aromatic heterocycles. The fourth-order valence-corrected chi connectivity index (χ4v) is 5.48. The number of benzene rings is 2. The number of nitrogens with zero attached hydrogens (tertiary/aromatic N) is 6. The van der Waals surface area contributed by atoms with Gasteiger partial charge in [0.15, 0.2) is 11.5 Å². The molecule has 2 amide bonds. The van der Waals surface area contributed by atoms with Gasteiger partial charge in [0.05, 0.1) is 13.2 Å². The molecular formula is C32H38N8O3. The van der Waals surface area contributed by atoms with Crippen molar-refractivity contribution in [1.82, 2.24) is 29.8 Å². The molecule has 2 fully saturated rings. The van der Waals surface area contributed by atoms with Gasteiger partial charge in [-0.1, -0.05) is 32.9 Å². The van der Waals surface area contributed by atoms with Crippen LogP contribution in [0.25, 0.3) is 5.65 Å². The van der Waals surface area contributed by atoms with E-state index < -0.39 is 0 Å². The predicted octanol–water partition coefficient (Wildman–Crippen LogP) is 4.04. The lowest BCUT2D eigenvalue weighted by atomic mass is 9.86. The zero-order valence-electron chi connectivity index (χ0n) is 24.9. The van der Waals surface area contributed by atoms with Crippen LogP contribution in [-0.2, 0) is 10.2 Å². The minimum absolute atomic E-state index is 0.00323. The molecule has 0 spiro atoms. The molecule has 11 heteroatoms. The number of aromatic nitrogens is 4. The van der Waals surface area contributed by atoms with E-state index in [1.54, 1.807) is 16.9 Å². The van der Waals surface area contributed by atoms with E-state index in [0.29, 0.717) is 61.4 Å². The predicted molar refractivity (Wildman–Crippen MR) is 165 cm³/mol. The molecule has 2 aliphatic rings. The fourth-order valence-electron chi connectivity index (χ4n) is 5.48. The second-order valence-corrected chi connectivity index (χ2v) is 12.1. The van der Waals surface area contributed by atoms with E-state index in [2.05, 4.69) is 41.3 Å². The maximum absolute atomic E-state index is 13.1. The van der Waals surface area contributed by atoms with Gasteiger partial charge in [-0.05, 0) is 60.2 Å². The van der Waals surface area contributed by atoms with Crippen molar-refractivity contribution in [2.45, 2.75) is 45.1 Å². The number of piperidine rings is 1. The monoisotopic (exact) mass is 582 g/mol. The summed E-state index contributed by atoms with van der Waals surface area (Å²) in [5, 5.41) is 11.3. The van der Waals surface area contributed by atoms with Crippen LogP contribution in [0.2, 0.25) is 0 Å². The van der Waals surface area contributed by atoms with Crippen LogP contribution in [0.5, 0.6) is 0 Å². The molecule has 0 bridgehead atoms. The summed E-state index contributed by atoms with van der Waals surface area (Å²) < 4.78 is 7.07. The van der Waals surface area contributed by atoms with Crippen LogP contribution in [-0.4, -0.2) is 81.7 Å². The molecule has 6 rings (SSSR count). The average molecular weight is 583 g/mol. The Morgan fingerprint density at radius 2 is 1.67 bits per heavy atom. The van der Waals surface area contributed by atoms with Crippen molar-refractivity contribution in [2.75, 3.05) is 49.6 Å². The molecule has 2 saturated heterocycles. The Hall–Kier alpha value is -4.51. The summed E-state index contributed by atoms with van der Waals surface area (Å²) in [6, 6.07) is 15.2. The van der Waals surface area contributed by atoms with Crippen LogP contribution in [0, 0.1) is 0 Å². The molecule has 2 N–H and O–H groups in total. The summed E-state index contributed by atoms with van der Waals surface area (Å²) in [6.45, 7) is 10.2. The highest BCUT2D eigenvalue weighted by Gasteiger charge is 2.25. The Bertz CT molecular complexity index is 1590. The molecule has 0 unspecified atom stereocenters. The Morgan fingerprint density at radius 1 is 0.953 bits per heavy atom. The maximum Gasteiger partial charge on any atom is 0.254 e. The summed E-state index contributed by atoms with van der Waals surface area (Å²) in [7, 11) is 0. The Labute approximate surface area is 251 Å². The quantitative estimate of drug-likeness (QED) is 0.350. The number of fused-ring (bicyclic) bond motifs is 1. The summed E-state index contributed by atoms with van der Waals surface area (Å²) in [6.07, 6.45) is 5.27. The van der Waals surface area contributed by atoms with Gasteiger partial charge in [0.25, 0.3) is 11.8 Å². The number of nitrogens with one attached hydrogen (secondary N) is 2. The minimum Gasteiger partial charge on any atom is -0.378 e. The molecule has 0 saturated carbocycles. The highest BCUT2D eigenvalue weighted by molar-refractivity contribution is 5.95. The molecule has 224 valence electrons. The Kier molecular flexibility index (Phi) is 7.98. The number of hydrogen-bond donors (Lipinski definition) is 2. The zero-order valence-corrected chi connectivity index (χ0v) is 24.9. The third-order valence-electron chi connectivity index (χ3n) is 7.99. The second kappa shape index (κ2) is 12.0. The number of amides is 2. The van der Waals surface area contributed by atoms with Gasteiger partial charge in [-0.2, -0.15) is 4.98 Å². The summed E-state index contributed by atoms with van der Waals surface area (Å²) >= 11 is 0. The van der Waals surface area contributed by atoms with Gasteiger partial charge in [0.1, 0.15) is 0 Å². The lowest BCUT2D eigenvalue weighted by Crippen LogP contribution is -2.48. The van der Waals surface area contributed by atoms with E-state index in [0.717, 1.165) is 25.1 Å². The minimum atomic E-state index is -0.0730. The van der Waals surface area contributed by atoms with Gasteiger partial charge in [-0.15, -0.1) is 5.10 Å². The van der Waals surface area contributed by atoms with Crippen LogP contribution in [0.1, 0.15) is 59.9 Å². The SMILES string of the molecule is CC(C)(C)c1ccc(C(=O)N[C@@H]2CCCN(c3nc(Nc4ccc(C(=O)N5CCOCC5)cc4)c4nccn4n3)C2)cc1. The standard InChI is InChI=1S/C32H38N8O3/c1-32(2,3)24-10-6-22(7-11-24)29(41)35-26-5-4-15-39(21-26)31-36-27(28-33-14-16-40(28)37-31)34-25-12-8-23(9-13-25)30(42)38-17-19-43-20-18-38/h6-14,16,26H,4-5,15,17-21H2,1-3H3,(H,35,41)(H,34,36,37)/t26-/m1/s1. The van der Waals surface area contributed by atoms with Crippen molar-refractivity contribution >= 4 is 34.9 Å². The number of carbonyl (C=O) groups is 2. The molecular weight excluding hydrogens is 544 g/mol. The molecule has 11 nitrogen and oxygen atoms in total. The molecule has 2 aliphatic heterocycles. The summed E-state index contributed by atoms with van der Waals surface area (Å²) in [4.78, 5) is 39.1. The van der Waals surface area contributed by atoms with Crippen LogP contribution in [0.3, 0.4) is 0 Å². The first-order valence-corrected chi connectivity index (χ1v) is 14.9. The van der Waals surface area contributed by atoms with Crippen LogP contribution < -0.4 is 15.5 Å². The van der Waals surface area contributed by atoms with Gasteiger partial charge < -0.3 is 25.2 Å². The lowest BCUT2D eigenvalue weighted by Gasteiger charge is -2.33. The first kappa shape index (κ1) is 28.6. The largest absolute Gasteiger partial charge is 0.378 e. The van der Waals surface area contributed by atoms with Crippen molar-refractivity contribution in [3.63, 3.8) is 0 Å². The lowest BCUT2D eigenvalue weighted by molar-refractivity contribution is 0.0303. The number of anilines is 3. The van der Waals surface area contributed by atoms with Gasteiger partial charge in [-0.3, -0.25) is 9.59 Å². The van der Waals surface area contributed by atoms with E-state index >= 15 is 0 Å². The van der Waals surface area contributed by atoms with Crippen molar-refractivity contribution in [2.24, 2.45) is 0 Å². The third kappa shape index (κ3) is 6.46. The van der Waals surface area contributed by atoms with Crippen LogP contribution >= 0.6 is 0 Å². The van der Waals surface area contributed by atoms with Crippen molar-refractivity contribution in [3.8, 4) is 0 Å². The van der Waals surface area contributed by atoms with E-state index in [1.807, 2.05) is 53.4 Å². The smallest absolute Gasteiger partial charge is 0.254 e. The fraction of sp³-hybridized carbons (Fsp3) is 0.406. The first-order chi connectivity index (χ1) is 20.7. The molecule has 4 heterocycles. The van der Waals surface area contributed by atoms with Gasteiger partial charge in [-0.25, -0.2) is 9.50 Å². The molecule has 0 aliphatic carbocycles. The van der Waals surface area contributed by atoms with Crippen LogP contribution in [0.4, 0.5) is 17.5 Å². The van der Waals surface area contributed by atoms with E-state index in [-0.39, 0.29) is 23.3 Å². The molecule has 2 aromatic carbocycles. The van der Waals surface area contributed by atoms with Crippen LogP contribution in [0.15, 0.2) is 60.9 Å². The number of morpholine rings is 1. The highest BCUT2D eigenvalue weighted by atomic mass is 16.5. The van der Waals surface area contributed by atoms with E-state index in [1.165, 1.54) is 5.56 Å². The summed E-state index contributed by atoms with van der Waals surface area (Å²) in [5.74, 6) is 1.05. The van der Waals surface area contributed by atoms with E-state index in [4.69, 9.17) is 14.8 Å². The number of rotatable bonds is 6. The van der Waals surface area contributed by atoms with Crippen molar-refractivity contribution < 1.29 is 14.3 Å². The van der Waals surface area contributed by atoms with E-state index in [9.17, 15) is 9.59 Å². The zero-order chi connectivity index (χ0) is 30.0. The molecule has 4 aromatic rings. The topological polar surface area (TPSA) is 117 Å². The second-order valence-electron chi connectivity index (χ2n) is 12.1. The third-order valence-corrected chi connectivity index (χ3v) is 7.99. The van der Waals surface area contributed by atoms with Crippen molar-refractivity contribution in [3.05, 3.63) is 77.6 Å². The average Bonchev–Trinajstić information content (AvgIpc) is 3.51. The van der Waals surface area contributed by atoms with Gasteiger partial charge >= 0.3 is 0 Å². The number of imidazole rings is 1. The number of ether oxygens (including phenoxy) is 1.